The van der Waals surface area contributed by atoms with E-state index in [-0.39, 0.29) is 36.6 Å². The zero-order valence-corrected chi connectivity index (χ0v) is 13.3. The Kier molecular flexibility index (Phi) is 7.87. The van der Waals surface area contributed by atoms with Gasteiger partial charge < -0.3 is 20.5 Å². The lowest BCUT2D eigenvalue weighted by molar-refractivity contribution is -0.145. The molecule has 2 unspecified atom stereocenters. The predicted molar refractivity (Wildman–Crippen MR) is 80.2 cm³/mol. The van der Waals surface area contributed by atoms with Crippen molar-refractivity contribution >= 4 is 17.8 Å². The maximum Gasteiger partial charge on any atom is 0.326 e. The highest BCUT2D eigenvalue weighted by molar-refractivity contribution is 5.84. The Morgan fingerprint density at radius 3 is 2.32 bits per heavy atom. The zero-order chi connectivity index (χ0) is 16.5. The van der Waals surface area contributed by atoms with Crippen LogP contribution in [0.5, 0.6) is 0 Å². The Bertz CT molecular complexity index is 391. The van der Waals surface area contributed by atoms with E-state index >= 15 is 0 Å². The Morgan fingerprint density at radius 2 is 1.82 bits per heavy atom. The van der Waals surface area contributed by atoms with Crippen molar-refractivity contribution in [3.8, 4) is 0 Å². The second-order valence-electron chi connectivity index (χ2n) is 5.94. The van der Waals surface area contributed by atoms with Crippen molar-refractivity contribution in [2.24, 2.45) is 5.92 Å². The normalized spacial score (nSPS) is 19.5. The van der Waals surface area contributed by atoms with Gasteiger partial charge in [0.05, 0.1) is 6.61 Å². The van der Waals surface area contributed by atoms with Crippen LogP contribution in [0.1, 0.15) is 46.0 Å². The van der Waals surface area contributed by atoms with Crippen molar-refractivity contribution in [2.75, 3.05) is 13.2 Å². The van der Waals surface area contributed by atoms with Crippen LogP contribution in [0.15, 0.2) is 0 Å². The number of amides is 2. The van der Waals surface area contributed by atoms with E-state index in [1.807, 2.05) is 13.8 Å². The molecule has 22 heavy (non-hydrogen) atoms. The smallest absolute Gasteiger partial charge is 0.326 e. The molecular weight excluding hydrogens is 288 g/mol. The molecule has 1 aliphatic heterocycles. The van der Waals surface area contributed by atoms with Crippen LogP contribution in [0.2, 0.25) is 0 Å². The maximum absolute atomic E-state index is 11.9. The topological polar surface area (TPSA) is 105 Å². The number of carboxylic acid groups (broad SMARTS) is 1. The molecule has 1 heterocycles. The van der Waals surface area contributed by atoms with E-state index < -0.39 is 12.0 Å². The average molecular weight is 314 g/mol. The Balaban J connectivity index is 2.34. The van der Waals surface area contributed by atoms with Crippen LogP contribution in [0, 0.1) is 5.92 Å². The van der Waals surface area contributed by atoms with Gasteiger partial charge in [-0.1, -0.05) is 0 Å². The molecule has 2 atom stereocenters. The highest BCUT2D eigenvalue weighted by Gasteiger charge is 2.31. The monoisotopic (exact) mass is 314 g/mol. The number of aliphatic carboxylic acids is 1. The third-order valence-corrected chi connectivity index (χ3v) is 3.51. The summed E-state index contributed by atoms with van der Waals surface area (Å²) in [5.74, 6) is -1.67. The van der Waals surface area contributed by atoms with Crippen molar-refractivity contribution in [2.45, 2.75) is 58.0 Å². The summed E-state index contributed by atoms with van der Waals surface area (Å²) in [5.41, 5.74) is 0. The van der Waals surface area contributed by atoms with Gasteiger partial charge in [-0.2, -0.15) is 0 Å². The number of nitrogens with one attached hydrogen (secondary N) is 2. The molecule has 0 aromatic carbocycles. The lowest BCUT2D eigenvalue weighted by Crippen LogP contribution is -2.48. The quantitative estimate of drug-likeness (QED) is 0.611. The van der Waals surface area contributed by atoms with Crippen LogP contribution < -0.4 is 10.6 Å². The molecule has 1 saturated heterocycles. The van der Waals surface area contributed by atoms with E-state index in [9.17, 15) is 19.5 Å². The van der Waals surface area contributed by atoms with Gasteiger partial charge in [-0.05, 0) is 33.1 Å². The lowest BCUT2D eigenvalue weighted by atomic mass is 9.93. The molecule has 1 rings (SSSR count). The molecule has 1 fully saturated rings. The van der Waals surface area contributed by atoms with Gasteiger partial charge in [0.2, 0.25) is 11.8 Å². The minimum absolute atomic E-state index is 0.0732. The fourth-order valence-corrected chi connectivity index (χ4v) is 2.46. The van der Waals surface area contributed by atoms with Gasteiger partial charge in [0.25, 0.3) is 0 Å². The number of carboxylic acids is 1. The van der Waals surface area contributed by atoms with Crippen molar-refractivity contribution < 1.29 is 24.2 Å². The molecule has 2 amide bonds. The van der Waals surface area contributed by atoms with Crippen molar-refractivity contribution in [1.82, 2.24) is 10.6 Å². The standard InChI is InChI=1S/C15H26N2O5/c1-10(2)16-12(18)6-3-7-13(19)17-14(15(20)21)11-5-4-8-22-9-11/h10-11,14H,3-9H2,1-2H3,(H,16,18)(H,17,19)(H,20,21). The molecular formula is C15H26N2O5. The summed E-state index contributed by atoms with van der Waals surface area (Å²) in [5, 5.41) is 14.5. The molecule has 0 spiro atoms. The molecule has 0 saturated carbocycles. The summed E-state index contributed by atoms with van der Waals surface area (Å²) < 4.78 is 5.28. The van der Waals surface area contributed by atoms with Gasteiger partial charge >= 0.3 is 5.97 Å². The van der Waals surface area contributed by atoms with E-state index in [2.05, 4.69) is 10.6 Å². The highest BCUT2D eigenvalue weighted by Crippen LogP contribution is 2.18. The first-order valence-electron chi connectivity index (χ1n) is 7.79. The van der Waals surface area contributed by atoms with E-state index in [1.165, 1.54) is 0 Å². The van der Waals surface area contributed by atoms with Crippen molar-refractivity contribution in [3.63, 3.8) is 0 Å². The number of ether oxygens (including phenoxy) is 1. The van der Waals surface area contributed by atoms with Crippen LogP contribution in [-0.4, -0.2) is 48.2 Å². The predicted octanol–water partition coefficient (Wildman–Crippen LogP) is 0.677. The fourth-order valence-electron chi connectivity index (χ4n) is 2.46. The molecule has 7 heteroatoms. The SMILES string of the molecule is CC(C)NC(=O)CCCC(=O)NC(C(=O)O)C1CCCOC1. The first kappa shape index (κ1) is 18.4. The molecule has 0 bridgehead atoms. The summed E-state index contributed by atoms with van der Waals surface area (Å²) in [6.45, 7) is 4.73. The first-order valence-corrected chi connectivity index (χ1v) is 7.79. The van der Waals surface area contributed by atoms with E-state index in [0.29, 0.717) is 19.6 Å². The molecule has 0 aromatic rings. The number of carbonyl (C=O) groups is 3. The average Bonchev–Trinajstić information content (AvgIpc) is 2.44. The molecule has 0 aromatic heterocycles. The summed E-state index contributed by atoms with van der Waals surface area (Å²) in [6.07, 6.45) is 2.34. The van der Waals surface area contributed by atoms with E-state index in [0.717, 1.165) is 12.8 Å². The van der Waals surface area contributed by atoms with Crippen LogP contribution in [0.4, 0.5) is 0 Å². The third-order valence-electron chi connectivity index (χ3n) is 3.51. The molecule has 0 radical (unpaired) electrons. The third kappa shape index (κ3) is 6.89. The van der Waals surface area contributed by atoms with Crippen LogP contribution in [0.25, 0.3) is 0 Å². The van der Waals surface area contributed by atoms with Crippen molar-refractivity contribution in [3.05, 3.63) is 0 Å². The van der Waals surface area contributed by atoms with E-state index in [4.69, 9.17) is 4.74 Å². The molecule has 0 aliphatic carbocycles. The zero-order valence-electron chi connectivity index (χ0n) is 13.3. The number of carbonyl (C=O) groups excluding carboxylic acids is 2. The Hall–Kier alpha value is -1.63. The molecule has 3 N–H and O–H groups in total. The van der Waals surface area contributed by atoms with Crippen LogP contribution in [0.3, 0.4) is 0 Å². The van der Waals surface area contributed by atoms with E-state index in [1.54, 1.807) is 0 Å². The van der Waals surface area contributed by atoms with Gasteiger partial charge in [-0.3, -0.25) is 9.59 Å². The molecule has 1 aliphatic rings. The van der Waals surface area contributed by atoms with Gasteiger partial charge in [-0.25, -0.2) is 4.79 Å². The minimum Gasteiger partial charge on any atom is -0.480 e. The lowest BCUT2D eigenvalue weighted by Gasteiger charge is -2.28. The van der Waals surface area contributed by atoms with Gasteiger partial charge in [0.1, 0.15) is 6.04 Å². The summed E-state index contributed by atoms with van der Waals surface area (Å²) in [6, 6.07) is -0.846. The maximum atomic E-state index is 11.9. The van der Waals surface area contributed by atoms with Crippen LogP contribution in [-0.2, 0) is 19.1 Å². The Labute approximate surface area is 130 Å². The fraction of sp³-hybridized carbons (Fsp3) is 0.800. The highest BCUT2D eigenvalue weighted by atomic mass is 16.5. The van der Waals surface area contributed by atoms with Crippen LogP contribution >= 0.6 is 0 Å². The largest absolute Gasteiger partial charge is 0.480 e. The van der Waals surface area contributed by atoms with Gasteiger partial charge in [0.15, 0.2) is 0 Å². The second kappa shape index (κ2) is 9.40. The summed E-state index contributed by atoms with van der Waals surface area (Å²) >= 11 is 0. The minimum atomic E-state index is -1.04. The second-order valence-corrected chi connectivity index (χ2v) is 5.94. The van der Waals surface area contributed by atoms with Gasteiger partial charge in [0, 0.05) is 31.4 Å². The number of rotatable bonds is 8. The summed E-state index contributed by atoms with van der Waals surface area (Å²) in [7, 11) is 0. The Morgan fingerprint density at radius 1 is 1.18 bits per heavy atom. The summed E-state index contributed by atoms with van der Waals surface area (Å²) in [4.78, 5) is 34.6. The van der Waals surface area contributed by atoms with Crippen molar-refractivity contribution in [1.29, 1.82) is 0 Å². The number of hydrogen-bond donors (Lipinski definition) is 3. The number of hydrogen-bond acceptors (Lipinski definition) is 4. The van der Waals surface area contributed by atoms with Gasteiger partial charge in [-0.15, -0.1) is 0 Å². The molecule has 7 nitrogen and oxygen atoms in total. The first-order chi connectivity index (χ1) is 10.4. The molecule has 126 valence electrons.